The largest absolute Gasteiger partial charge is 0.349 e. The molecule has 0 saturated carbocycles. The first-order valence-electron chi connectivity index (χ1n) is 9.03. The molecular weight excluding hydrogens is 387 g/mol. The molecule has 0 bridgehead atoms. The number of hydrogen-bond donors (Lipinski definition) is 1. The zero-order chi connectivity index (χ0) is 19.8. The predicted octanol–water partition coefficient (Wildman–Crippen LogP) is 4.69. The molecule has 3 heterocycles. The van der Waals surface area contributed by atoms with Crippen molar-refractivity contribution in [1.82, 2.24) is 19.5 Å². The monoisotopic (exact) mass is 402 g/mol. The minimum Gasteiger partial charge on any atom is -0.349 e. The lowest BCUT2D eigenvalue weighted by Crippen LogP contribution is -2.22. The van der Waals surface area contributed by atoms with Gasteiger partial charge < -0.3 is 4.98 Å². The van der Waals surface area contributed by atoms with Gasteiger partial charge in [0.15, 0.2) is 5.16 Å². The van der Waals surface area contributed by atoms with Gasteiger partial charge in [-0.25, -0.2) is 9.37 Å². The Morgan fingerprint density at radius 1 is 1.00 bits per heavy atom. The lowest BCUT2D eigenvalue weighted by Gasteiger charge is -2.12. The lowest BCUT2D eigenvalue weighted by atomic mass is 10.2. The van der Waals surface area contributed by atoms with Crippen LogP contribution in [0.15, 0.2) is 82.9 Å². The third-order valence-corrected chi connectivity index (χ3v) is 5.64. The number of halogens is 1. The topological polar surface area (TPSA) is 63.6 Å². The zero-order valence-electron chi connectivity index (χ0n) is 15.2. The average molecular weight is 402 g/mol. The summed E-state index contributed by atoms with van der Waals surface area (Å²) in [6, 6.07) is 19.5. The minimum absolute atomic E-state index is 0.175. The van der Waals surface area contributed by atoms with Crippen LogP contribution in [-0.2, 0) is 5.75 Å². The number of hydrogen-bond acceptors (Lipinski definition) is 4. The highest BCUT2D eigenvalue weighted by Crippen LogP contribution is 2.28. The van der Waals surface area contributed by atoms with E-state index in [9.17, 15) is 9.18 Å². The number of pyridine rings is 1. The second-order valence-corrected chi connectivity index (χ2v) is 7.43. The molecule has 3 aromatic heterocycles. The van der Waals surface area contributed by atoms with E-state index in [0.717, 1.165) is 16.6 Å². The van der Waals surface area contributed by atoms with Gasteiger partial charge in [0, 0.05) is 22.9 Å². The van der Waals surface area contributed by atoms with E-state index in [0.29, 0.717) is 21.9 Å². The number of H-pyrrole nitrogens is 1. The van der Waals surface area contributed by atoms with Crippen molar-refractivity contribution in [3.63, 3.8) is 0 Å². The van der Waals surface area contributed by atoms with Crippen LogP contribution in [0.3, 0.4) is 0 Å². The van der Waals surface area contributed by atoms with Crippen molar-refractivity contribution >= 4 is 33.7 Å². The Morgan fingerprint density at radius 3 is 2.62 bits per heavy atom. The van der Waals surface area contributed by atoms with Crippen molar-refractivity contribution in [3.8, 4) is 5.69 Å². The fourth-order valence-electron chi connectivity index (χ4n) is 3.31. The van der Waals surface area contributed by atoms with Crippen molar-refractivity contribution in [2.24, 2.45) is 0 Å². The molecule has 0 aliphatic rings. The average Bonchev–Trinajstić information content (AvgIpc) is 3.13. The molecular formula is C22H15FN4OS. The van der Waals surface area contributed by atoms with Gasteiger partial charge in [0.05, 0.1) is 11.4 Å². The molecule has 1 N–H and O–H groups in total. The molecule has 0 fully saturated rings. The van der Waals surface area contributed by atoms with E-state index in [1.54, 1.807) is 24.4 Å². The van der Waals surface area contributed by atoms with Gasteiger partial charge in [-0.2, -0.15) is 0 Å². The van der Waals surface area contributed by atoms with Crippen LogP contribution >= 0.6 is 11.8 Å². The van der Waals surface area contributed by atoms with Gasteiger partial charge in [0.1, 0.15) is 16.9 Å². The van der Waals surface area contributed by atoms with Gasteiger partial charge in [0.25, 0.3) is 5.56 Å². The van der Waals surface area contributed by atoms with Crippen molar-refractivity contribution in [2.45, 2.75) is 10.9 Å². The van der Waals surface area contributed by atoms with Crippen LogP contribution in [-0.4, -0.2) is 19.5 Å². The van der Waals surface area contributed by atoms with Crippen LogP contribution in [0.4, 0.5) is 4.39 Å². The summed E-state index contributed by atoms with van der Waals surface area (Å²) >= 11 is 1.35. The molecule has 2 aromatic carbocycles. The van der Waals surface area contributed by atoms with Gasteiger partial charge in [-0.1, -0.05) is 48.2 Å². The third-order valence-electron chi connectivity index (χ3n) is 4.66. The molecule has 5 aromatic rings. The highest BCUT2D eigenvalue weighted by Gasteiger charge is 2.19. The zero-order valence-corrected chi connectivity index (χ0v) is 16.0. The van der Waals surface area contributed by atoms with Crippen molar-refractivity contribution in [1.29, 1.82) is 0 Å². The number of fused-ring (bicyclic) bond motifs is 3. The summed E-state index contributed by atoms with van der Waals surface area (Å²) in [5.41, 5.74) is 2.46. The van der Waals surface area contributed by atoms with Gasteiger partial charge >= 0.3 is 0 Å². The normalized spacial score (nSPS) is 11.3. The molecule has 7 heteroatoms. The van der Waals surface area contributed by atoms with Crippen LogP contribution in [0.2, 0.25) is 0 Å². The van der Waals surface area contributed by atoms with Crippen LogP contribution in [0.25, 0.3) is 27.6 Å². The maximum Gasteiger partial charge on any atom is 0.283 e. The number of aromatic amines is 1. The molecule has 0 unspecified atom stereocenters. The number of rotatable bonds is 4. The number of benzene rings is 2. The summed E-state index contributed by atoms with van der Waals surface area (Å²) in [6.45, 7) is 0. The molecule has 0 aliphatic heterocycles. The van der Waals surface area contributed by atoms with Crippen molar-refractivity contribution in [2.75, 3.05) is 0 Å². The van der Waals surface area contributed by atoms with Crippen molar-refractivity contribution in [3.05, 3.63) is 94.8 Å². The fraction of sp³-hybridized carbons (Fsp3) is 0.0455. The van der Waals surface area contributed by atoms with E-state index < -0.39 is 5.82 Å². The fourth-order valence-corrected chi connectivity index (χ4v) is 4.22. The molecule has 142 valence electrons. The summed E-state index contributed by atoms with van der Waals surface area (Å²) < 4.78 is 15.9. The first kappa shape index (κ1) is 17.6. The number of aromatic nitrogens is 4. The molecule has 5 rings (SSSR count). The van der Waals surface area contributed by atoms with E-state index in [2.05, 4.69) is 9.97 Å². The Kier molecular flexibility index (Phi) is 4.37. The molecule has 0 spiro atoms. The minimum atomic E-state index is -0.480. The molecule has 0 atom stereocenters. The second-order valence-electron chi connectivity index (χ2n) is 6.49. The first-order chi connectivity index (χ1) is 14.2. The number of nitrogens with one attached hydrogen (secondary N) is 1. The van der Waals surface area contributed by atoms with Gasteiger partial charge in [-0.3, -0.25) is 14.3 Å². The molecule has 0 saturated heterocycles. The Morgan fingerprint density at radius 2 is 1.79 bits per heavy atom. The molecule has 5 nitrogen and oxygen atoms in total. The van der Waals surface area contributed by atoms with Crippen LogP contribution < -0.4 is 5.56 Å². The number of para-hydroxylation sites is 2. The second kappa shape index (κ2) is 7.18. The van der Waals surface area contributed by atoms with E-state index in [-0.39, 0.29) is 11.2 Å². The maximum absolute atomic E-state index is 14.6. The Labute approximate surface area is 169 Å². The summed E-state index contributed by atoms with van der Waals surface area (Å²) in [7, 11) is 0. The van der Waals surface area contributed by atoms with E-state index >= 15 is 0 Å². The molecule has 0 amide bonds. The standard InChI is InChI=1S/C22H15FN4OS/c23-16-9-2-4-11-18(16)27-21(28)20-19(15-8-1-3-10-17(15)25-20)26-22(27)29-13-14-7-5-6-12-24-14/h1-12,25H,13H2. The van der Waals surface area contributed by atoms with Crippen LogP contribution in [0.1, 0.15) is 5.69 Å². The lowest BCUT2D eigenvalue weighted by molar-refractivity contribution is 0.608. The highest BCUT2D eigenvalue weighted by molar-refractivity contribution is 7.98. The first-order valence-corrected chi connectivity index (χ1v) is 10.0. The maximum atomic E-state index is 14.6. The van der Waals surface area contributed by atoms with Crippen LogP contribution in [0, 0.1) is 5.82 Å². The third kappa shape index (κ3) is 3.09. The molecule has 0 aliphatic carbocycles. The quantitative estimate of drug-likeness (QED) is 0.350. The summed E-state index contributed by atoms with van der Waals surface area (Å²) in [4.78, 5) is 25.6. The van der Waals surface area contributed by atoms with E-state index in [4.69, 9.17) is 4.98 Å². The Hall–Kier alpha value is -3.45. The van der Waals surface area contributed by atoms with Gasteiger partial charge in [-0.15, -0.1) is 0 Å². The summed E-state index contributed by atoms with van der Waals surface area (Å²) in [5.74, 6) is 0.0295. The smallest absolute Gasteiger partial charge is 0.283 e. The van der Waals surface area contributed by atoms with E-state index in [1.165, 1.54) is 22.4 Å². The SMILES string of the molecule is O=c1c2[nH]c3ccccc3c2nc(SCc2ccccn2)n1-c1ccccc1F. The van der Waals surface area contributed by atoms with Crippen LogP contribution in [0.5, 0.6) is 0 Å². The van der Waals surface area contributed by atoms with E-state index in [1.807, 2.05) is 42.5 Å². The molecule has 0 radical (unpaired) electrons. The molecule has 29 heavy (non-hydrogen) atoms. The number of thioether (sulfide) groups is 1. The predicted molar refractivity (Wildman–Crippen MR) is 113 cm³/mol. The van der Waals surface area contributed by atoms with Gasteiger partial charge in [-0.05, 0) is 30.3 Å². The number of nitrogens with zero attached hydrogens (tertiary/aromatic N) is 3. The highest BCUT2D eigenvalue weighted by atomic mass is 32.2. The summed E-state index contributed by atoms with van der Waals surface area (Å²) in [6.07, 6.45) is 1.72. The Bertz CT molecular complexity index is 1390. The van der Waals surface area contributed by atoms with Crippen molar-refractivity contribution < 1.29 is 4.39 Å². The van der Waals surface area contributed by atoms with Gasteiger partial charge in [0.2, 0.25) is 0 Å². The Balaban J connectivity index is 1.75. The summed E-state index contributed by atoms with van der Waals surface area (Å²) in [5, 5.41) is 1.28.